The van der Waals surface area contributed by atoms with Gasteiger partial charge >= 0.3 is 0 Å². The van der Waals surface area contributed by atoms with Gasteiger partial charge < -0.3 is 9.47 Å². The third-order valence-electron chi connectivity index (χ3n) is 4.50. The van der Waals surface area contributed by atoms with E-state index in [1.807, 2.05) is 12.3 Å². The molecule has 1 atom stereocenters. The number of hydrogen-bond donors (Lipinski definition) is 0. The Morgan fingerprint density at radius 2 is 2.14 bits per heavy atom. The van der Waals surface area contributed by atoms with Gasteiger partial charge in [-0.3, -0.25) is 0 Å². The normalized spacial score (nSPS) is 20.6. The molecule has 0 spiro atoms. The van der Waals surface area contributed by atoms with Crippen LogP contribution in [0.2, 0.25) is 0 Å². The SMILES string of the molecule is CCN1CCCC(n2c(CC(C)(C)C)nc3cccnc32)C1. The maximum atomic E-state index is 4.91. The molecule has 0 N–H and O–H groups in total. The Hall–Kier alpha value is -1.42. The third-order valence-corrected chi connectivity index (χ3v) is 4.50. The largest absolute Gasteiger partial charge is 0.308 e. The number of likely N-dealkylation sites (tertiary alicyclic amines) is 1. The zero-order valence-corrected chi connectivity index (χ0v) is 14.3. The van der Waals surface area contributed by atoms with Gasteiger partial charge in [-0.2, -0.15) is 0 Å². The summed E-state index contributed by atoms with van der Waals surface area (Å²) in [6.45, 7) is 12.6. The lowest BCUT2D eigenvalue weighted by Crippen LogP contribution is -2.37. The summed E-state index contributed by atoms with van der Waals surface area (Å²) in [4.78, 5) is 12.1. The molecule has 22 heavy (non-hydrogen) atoms. The summed E-state index contributed by atoms with van der Waals surface area (Å²) < 4.78 is 2.43. The topological polar surface area (TPSA) is 34.0 Å². The second-order valence-corrected chi connectivity index (χ2v) is 7.67. The van der Waals surface area contributed by atoms with Crippen molar-refractivity contribution in [2.45, 2.75) is 53.0 Å². The summed E-state index contributed by atoms with van der Waals surface area (Å²) >= 11 is 0. The van der Waals surface area contributed by atoms with Gasteiger partial charge in [-0.25, -0.2) is 9.97 Å². The van der Waals surface area contributed by atoms with Crippen LogP contribution in [0.15, 0.2) is 18.3 Å². The highest BCUT2D eigenvalue weighted by Crippen LogP contribution is 2.30. The molecule has 2 aromatic rings. The molecule has 120 valence electrons. The van der Waals surface area contributed by atoms with Crippen molar-refractivity contribution in [2.24, 2.45) is 5.41 Å². The van der Waals surface area contributed by atoms with E-state index in [0.717, 1.165) is 30.7 Å². The molecule has 1 unspecified atom stereocenters. The lowest BCUT2D eigenvalue weighted by molar-refractivity contribution is 0.183. The van der Waals surface area contributed by atoms with Gasteiger partial charge in [-0.15, -0.1) is 0 Å². The molecule has 3 heterocycles. The minimum atomic E-state index is 0.234. The molecule has 1 saturated heterocycles. The van der Waals surface area contributed by atoms with Crippen LogP contribution < -0.4 is 0 Å². The average molecular weight is 300 g/mol. The Balaban J connectivity index is 2.03. The molecule has 1 aliphatic rings. The van der Waals surface area contributed by atoms with E-state index < -0.39 is 0 Å². The molecule has 0 aromatic carbocycles. The molecule has 4 nitrogen and oxygen atoms in total. The van der Waals surface area contributed by atoms with Crippen LogP contribution in [0.5, 0.6) is 0 Å². The van der Waals surface area contributed by atoms with Crippen LogP contribution in [-0.2, 0) is 6.42 Å². The summed E-state index contributed by atoms with van der Waals surface area (Å²) in [7, 11) is 0. The van der Waals surface area contributed by atoms with E-state index in [1.54, 1.807) is 0 Å². The zero-order chi connectivity index (χ0) is 15.7. The van der Waals surface area contributed by atoms with Crippen molar-refractivity contribution in [3.63, 3.8) is 0 Å². The molecule has 4 heteroatoms. The number of aromatic nitrogens is 3. The van der Waals surface area contributed by atoms with Crippen molar-refractivity contribution in [3.8, 4) is 0 Å². The number of pyridine rings is 1. The van der Waals surface area contributed by atoms with Crippen molar-refractivity contribution in [1.82, 2.24) is 19.4 Å². The van der Waals surface area contributed by atoms with Crippen LogP contribution in [0.3, 0.4) is 0 Å². The van der Waals surface area contributed by atoms with Gasteiger partial charge in [0.05, 0.1) is 0 Å². The van der Waals surface area contributed by atoms with Crippen LogP contribution >= 0.6 is 0 Å². The van der Waals surface area contributed by atoms with Crippen molar-refractivity contribution in [2.75, 3.05) is 19.6 Å². The number of piperidine rings is 1. The molecule has 0 radical (unpaired) electrons. The number of likely N-dealkylation sites (N-methyl/N-ethyl adjacent to an activating group) is 1. The van der Waals surface area contributed by atoms with Gasteiger partial charge in [0.25, 0.3) is 0 Å². The number of nitrogens with zero attached hydrogens (tertiary/aromatic N) is 4. The predicted octanol–water partition coefficient (Wildman–Crippen LogP) is 3.68. The van der Waals surface area contributed by atoms with E-state index in [1.165, 1.54) is 25.2 Å². The van der Waals surface area contributed by atoms with Crippen LogP contribution in [0, 0.1) is 5.41 Å². The molecule has 0 aliphatic carbocycles. The standard InChI is InChI=1S/C18H28N4/c1-5-21-11-7-8-14(13-21)22-16(12-18(2,3)4)20-15-9-6-10-19-17(15)22/h6,9-10,14H,5,7-8,11-13H2,1-4H3. The zero-order valence-electron chi connectivity index (χ0n) is 14.3. The third kappa shape index (κ3) is 3.17. The summed E-state index contributed by atoms with van der Waals surface area (Å²) in [6.07, 6.45) is 5.38. The summed E-state index contributed by atoms with van der Waals surface area (Å²) in [5.41, 5.74) is 2.33. The quantitative estimate of drug-likeness (QED) is 0.867. The fourth-order valence-electron chi connectivity index (χ4n) is 3.49. The summed E-state index contributed by atoms with van der Waals surface area (Å²) in [6, 6.07) is 4.58. The molecule has 0 bridgehead atoms. The smallest absolute Gasteiger partial charge is 0.160 e. The Kier molecular flexibility index (Phi) is 4.22. The fraction of sp³-hybridized carbons (Fsp3) is 0.667. The maximum absolute atomic E-state index is 4.91. The highest BCUT2D eigenvalue weighted by atomic mass is 15.2. The Morgan fingerprint density at radius 3 is 2.86 bits per heavy atom. The molecule has 3 rings (SSSR count). The lowest BCUT2D eigenvalue weighted by Gasteiger charge is -2.34. The van der Waals surface area contributed by atoms with Crippen molar-refractivity contribution >= 4 is 11.2 Å². The minimum Gasteiger partial charge on any atom is -0.308 e. The first-order valence-corrected chi connectivity index (χ1v) is 8.52. The first-order valence-electron chi connectivity index (χ1n) is 8.52. The first-order chi connectivity index (χ1) is 10.5. The van der Waals surface area contributed by atoms with Crippen molar-refractivity contribution < 1.29 is 0 Å². The second-order valence-electron chi connectivity index (χ2n) is 7.67. The maximum Gasteiger partial charge on any atom is 0.160 e. The van der Waals surface area contributed by atoms with E-state index in [4.69, 9.17) is 4.98 Å². The molecule has 2 aromatic heterocycles. The van der Waals surface area contributed by atoms with Gasteiger partial charge in [0.2, 0.25) is 0 Å². The van der Waals surface area contributed by atoms with E-state index in [9.17, 15) is 0 Å². The van der Waals surface area contributed by atoms with Crippen LogP contribution in [0.4, 0.5) is 0 Å². The van der Waals surface area contributed by atoms with Gasteiger partial charge in [0.15, 0.2) is 5.65 Å². The first kappa shape index (κ1) is 15.5. The highest BCUT2D eigenvalue weighted by molar-refractivity contribution is 5.71. The number of rotatable bonds is 3. The number of fused-ring (bicyclic) bond motifs is 1. The van der Waals surface area contributed by atoms with E-state index in [0.29, 0.717) is 6.04 Å². The highest BCUT2D eigenvalue weighted by Gasteiger charge is 2.26. The number of hydrogen-bond acceptors (Lipinski definition) is 3. The Morgan fingerprint density at radius 1 is 1.32 bits per heavy atom. The minimum absolute atomic E-state index is 0.234. The van der Waals surface area contributed by atoms with Crippen molar-refractivity contribution in [1.29, 1.82) is 0 Å². The molecule has 0 saturated carbocycles. The molecule has 1 fully saturated rings. The molecular formula is C18H28N4. The lowest BCUT2D eigenvalue weighted by atomic mass is 9.91. The van der Waals surface area contributed by atoms with Crippen LogP contribution in [0.1, 0.15) is 52.4 Å². The van der Waals surface area contributed by atoms with E-state index in [-0.39, 0.29) is 5.41 Å². The van der Waals surface area contributed by atoms with Gasteiger partial charge in [0.1, 0.15) is 11.3 Å². The van der Waals surface area contributed by atoms with E-state index >= 15 is 0 Å². The monoisotopic (exact) mass is 300 g/mol. The molecule has 0 amide bonds. The van der Waals surface area contributed by atoms with E-state index in [2.05, 4.69) is 48.2 Å². The summed E-state index contributed by atoms with van der Waals surface area (Å²) in [5.74, 6) is 1.20. The van der Waals surface area contributed by atoms with Gasteiger partial charge in [0, 0.05) is 25.2 Å². The van der Waals surface area contributed by atoms with Gasteiger partial charge in [-0.05, 0) is 43.5 Å². The Bertz CT molecular complexity index is 638. The number of imidazole rings is 1. The fourth-order valence-corrected chi connectivity index (χ4v) is 3.49. The van der Waals surface area contributed by atoms with Crippen LogP contribution in [-0.4, -0.2) is 39.1 Å². The van der Waals surface area contributed by atoms with Gasteiger partial charge in [-0.1, -0.05) is 27.7 Å². The van der Waals surface area contributed by atoms with Crippen LogP contribution in [0.25, 0.3) is 11.2 Å². The van der Waals surface area contributed by atoms with Crippen molar-refractivity contribution in [3.05, 3.63) is 24.2 Å². The average Bonchev–Trinajstić information content (AvgIpc) is 2.82. The molecular weight excluding hydrogens is 272 g/mol. The predicted molar refractivity (Wildman–Crippen MR) is 91.1 cm³/mol. The summed E-state index contributed by atoms with van der Waals surface area (Å²) in [5, 5.41) is 0. The second kappa shape index (κ2) is 5.99. The Labute approximate surface area is 133 Å². The molecule has 1 aliphatic heterocycles.